The molecule has 29 heavy (non-hydrogen) atoms. The van der Waals surface area contributed by atoms with Crippen LogP contribution in [0.3, 0.4) is 0 Å². The summed E-state index contributed by atoms with van der Waals surface area (Å²) in [6, 6.07) is 26.5. The Morgan fingerprint density at radius 2 is 1.69 bits per heavy atom. The lowest BCUT2D eigenvalue weighted by molar-refractivity contribution is 0.306. The van der Waals surface area contributed by atoms with Gasteiger partial charge < -0.3 is 10.1 Å². The number of rotatable bonds is 5. The molecule has 0 spiro atoms. The number of benzene rings is 3. The summed E-state index contributed by atoms with van der Waals surface area (Å²) in [5.41, 5.74) is 5.59. The molecule has 144 valence electrons. The van der Waals surface area contributed by atoms with Crippen molar-refractivity contribution in [3.05, 3.63) is 94.5 Å². The Balaban J connectivity index is 1.43. The SMILES string of the molecule is Brc1ccccc1-c1nn(-c2ccc(OCc3ccccc3)cc2)c2c1CCN2. The Morgan fingerprint density at radius 1 is 0.931 bits per heavy atom. The number of nitrogens with one attached hydrogen (secondary N) is 1. The van der Waals surface area contributed by atoms with Crippen molar-refractivity contribution >= 4 is 21.7 Å². The van der Waals surface area contributed by atoms with Crippen molar-refractivity contribution in [3.63, 3.8) is 0 Å². The molecule has 5 heteroatoms. The molecule has 0 unspecified atom stereocenters. The van der Waals surface area contributed by atoms with E-state index in [9.17, 15) is 0 Å². The van der Waals surface area contributed by atoms with E-state index in [0.717, 1.165) is 51.5 Å². The highest BCUT2D eigenvalue weighted by molar-refractivity contribution is 9.10. The van der Waals surface area contributed by atoms with Gasteiger partial charge in [-0.05, 0) is 42.3 Å². The van der Waals surface area contributed by atoms with Crippen molar-refractivity contribution in [2.45, 2.75) is 13.0 Å². The smallest absolute Gasteiger partial charge is 0.133 e. The second-order valence-electron chi connectivity index (χ2n) is 7.01. The normalized spacial score (nSPS) is 12.4. The van der Waals surface area contributed by atoms with E-state index in [0.29, 0.717) is 6.61 Å². The van der Waals surface area contributed by atoms with Gasteiger partial charge in [0.25, 0.3) is 0 Å². The molecule has 0 atom stereocenters. The zero-order valence-electron chi connectivity index (χ0n) is 15.8. The molecule has 0 aliphatic carbocycles. The summed E-state index contributed by atoms with van der Waals surface area (Å²) in [6.07, 6.45) is 0.976. The average Bonchev–Trinajstić information content (AvgIpc) is 3.37. The Bertz CT molecular complexity index is 1140. The monoisotopic (exact) mass is 445 g/mol. The highest BCUT2D eigenvalue weighted by atomic mass is 79.9. The summed E-state index contributed by atoms with van der Waals surface area (Å²) >= 11 is 3.67. The van der Waals surface area contributed by atoms with Gasteiger partial charge in [0.05, 0.1) is 11.4 Å². The minimum absolute atomic E-state index is 0.561. The lowest BCUT2D eigenvalue weighted by Gasteiger charge is -2.09. The number of nitrogens with zero attached hydrogens (tertiary/aromatic N) is 2. The van der Waals surface area contributed by atoms with Crippen LogP contribution in [0, 0.1) is 0 Å². The maximum atomic E-state index is 5.91. The van der Waals surface area contributed by atoms with Crippen LogP contribution < -0.4 is 10.1 Å². The molecule has 0 fully saturated rings. The van der Waals surface area contributed by atoms with Gasteiger partial charge in [-0.15, -0.1) is 0 Å². The van der Waals surface area contributed by atoms with Gasteiger partial charge in [0.1, 0.15) is 18.2 Å². The van der Waals surface area contributed by atoms with Crippen LogP contribution in [-0.4, -0.2) is 16.3 Å². The summed E-state index contributed by atoms with van der Waals surface area (Å²) in [5.74, 6) is 1.93. The molecule has 2 heterocycles. The number of fused-ring (bicyclic) bond motifs is 1. The van der Waals surface area contributed by atoms with Crippen LogP contribution >= 0.6 is 15.9 Å². The topological polar surface area (TPSA) is 39.1 Å². The summed E-state index contributed by atoms with van der Waals surface area (Å²) < 4.78 is 8.97. The molecule has 1 aliphatic rings. The molecule has 0 amide bonds. The van der Waals surface area contributed by atoms with Crippen LogP contribution in [0.5, 0.6) is 5.75 Å². The minimum Gasteiger partial charge on any atom is -0.489 e. The van der Waals surface area contributed by atoms with E-state index in [1.54, 1.807) is 0 Å². The molecule has 1 aromatic heterocycles. The van der Waals surface area contributed by atoms with Gasteiger partial charge in [0.15, 0.2) is 0 Å². The lowest BCUT2D eigenvalue weighted by atomic mass is 10.1. The van der Waals surface area contributed by atoms with E-state index in [1.165, 1.54) is 5.56 Å². The highest BCUT2D eigenvalue weighted by Gasteiger charge is 2.24. The lowest BCUT2D eigenvalue weighted by Crippen LogP contribution is -2.04. The van der Waals surface area contributed by atoms with Crippen LogP contribution in [-0.2, 0) is 13.0 Å². The predicted octanol–water partition coefficient (Wildman–Crippen LogP) is 5.85. The van der Waals surface area contributed by atoms with Crippen LogP contribution in [0.25, 0.3) is 16.9 Å². The third-order valence-corrected chi connectivity index (χ3v) is 5.80. The predicted molar refractivity (Wildman–Crippen MR) is 120 cm³/mol. The van der Waals surface area contributed by atoms with Gasteiger partial charge in [0, 0.05) is 22.1 Å². The van der Waals surface area contributed by atoms with Crippen molar-refractivity contribution in [3.8, 4) is 22.7 Å². The fraction of sp³-hybridized carbons (Fsp3) is 0.125. The summed E-state index contributed by atoms with van der Waals surface area (Å²) in [6.45, 7) is 1.49. The van der Waals surface area contributed by atoms with Crippen LogP contribution in [0.2, 0.25) is 0 Å². The number of halogens is 1. The first-order chi connectivity index (χ1) is 14.3. The van der Waals surface area contributed by atoms with Crippen LogP contribution in [0.1, 0.15) is 11.1 Å². The molecule has 3 aromatic carbocycles. The maximum Gasteiger partial charge on any atom is 0.133 e. The number of ether oxygens (including phenoxy) is 1. The zero-order chi connectivity index (χ0) is 19.6. The minimum atomic E-state index is 0.561. The number of aromatic nitrogens is 2. The molecule has 0 radical (unpaired) electrons. The fourth-order valence-electron chi connectivity index (χ4n) is 3.66. The molecule has 1 N–H and O–H groups in total. The maximum absolute atomic E-state index is 5.91. The van der Waals surface area contributed by atoms with Gasteiger partial charge in [-0.2, -0.15) is 5.10 Å². The van der Waals surface area contributed by atoms with Crippen molar-refractivity contribution in [2.24, 2.45) is 0 Å². The van der Waals surface area contributed by atoms with Crippen molar-refractivity contribution in [2.75, 3.05) is 11.9 Å². The zero-order valence-corrected chi connectivity index (χ0v) is 17.4. The molecular weight excluding hydrogens is 426 g/mol. The van der Waals surface area contributed by atoms with Crippen LogP contribution in [0.15, 0.2) is 83.3 Å². The fourth-order valence-corrected chi connectivity index (χ4v) is 4.13. The molecule has 0 saturated carbocycles. The summed E-state index contributed by atoms with van der Waals surface area (Å²) in [4.78, 5) is 0. The Morgan fingerprint density at radius 3 is 2.48 bits per heavy atom. The van der Waals surface area contributed by atoms with E-state index in [2.05, 4.69) is 57.6 Å². The third kappa shape index (κ3) is 3.54. The second kappa shape index (κ2) is 7.76. The van der Waals surface area contributed by atoms with Gasteiger partial charge in [0.2, 0.25) is 0 Å². The molecule has 0 bridgehead atoms. The quantitative estimate of drug-likeness (QED) is 0.418. The van der Waals surface area contributed by atoms with E-state index >= 15 is 0 Å². The molecule has 0 saturated heterocycles. The number of hydrogen-bond donors (Lipinski definition) is 1. The van der Waals surface area contributed by atoms with Gasteiger partial charge in [-0.25, -0.2) is 4.68 Å². The van der Waals surface area contributed by atoms with Crippen molar-refractivity contribution in [1.29, 1.82) is 0 Å². The summed E-state index contributed by atoms with van der Waals surface area (Å²) in [5, 5.41) is 8.43. The first-order valence-electron chi connectivity index (χ1n) is 9.67. The number of hydrogen-bond acceptors (Lipinski definition) is 3. The van der Waals surface area contributed by atoms with Gasteiger partial charge >= 0.3 is 0 Å². The molecule has 4 aromatic rings. The standard InChI is InChI=1S/C24H20BrN3O/c25-22-9-5-4-8-20(22)23-21-14-15-26-24(21)28(27-23)18-10-12-19(13-11-18)29-16-17-6-2-1-3-7-17/h1-13,26H,14-16H2. The largest absolute Gasteiger partial charge is 0.489 e. The average molecular weight is 446 g/mol. The van der Waals surface area contributed by atoms with E-state index in [1.807, 2.05) is 47.1 Å². The van der Waals surface area contributed by atoms with E-state index < -0.39 is 0 Å². The van der Waals surface area contributed by atoms with Crippen molar-refractivity contribution in [1.82, 2.24) is 9.78 Å². The molecule has 1 aliphatic heterocycles. The molecule has 4 nitrogen and oxygen atoms in total. The Hall–Kier alpha value is -3.05. The van der Waals surface area contributed by atoms with E-state index in [4.69, 9.17) is 9.84 Å². The van der Waals surface area contributed by atoms with Gasteiger partial charge in [-0.1, -0.05) is 64.5 Å². The molecule has 5 rings (SSSR count). The summed E-state index contributed by atoms with van der Waals surface area (Å²) in [7, 11) is 0. The Kier molecular flexibility index (Phi) is 4.82. The molecular formula is C24H20BrN3O. The third-order valence-electron chi connectivity index (χ3n) is 5.11. The van der Waals surface area contributed by atoms with Crippen LogP contribution in [0.4, 0.5) is 5.82 Å². The first kappa shape index (κ1) is 18.0. The number of anilines is 1. The van der Waals surface area contributed by atoms with E-state index in [-0.39, 0.29) is 0 Å². The second-order valence-corrected chi connectivity index (χ2v) is 7.87. The highest BCUT2D eigenvalue weighted by Crippen LogP contribution is 2.37. The first-order valence-corrected chi connectivity index (χ1v) is 10.5. The Labute approximate surface area is 178 Å². The van der Waals surface area contributed by atoms with Crippen molar-refractivity contribution < 1.29 is 4.74 Å². The van der Waals surface area contributed by atoms with Gasteiger partial charge in [-0.3, -0.25) is 0 Å².